The summed E-state index contributed by atoms with van der Waals surface area (Å²) in [4.78, 5) is 20.9. The fourth-order valence-electron chi connectivity index (χ4n) is 0.856. The average Bonchev–Trinajstić information content (AvgIpc) is 2.29. The molecule has 0 bridgehead atoms. The summed E-state index contributed by atoms with van der Waals surface area (Å²) >= 11 is 0. The highest BCUT2D eigenvalue weighted by Gasteiger charge is 2.13. The standard InChI is InChI=1S/C8H6O4.C2H7NO/c9-7(10)5-3-1-2-4-6(5)8(11)12;3-1-2-4/h1-4H,(H,9,10)(H,11,12);4H,1-3H2. The molecule has 0 atom stereocenters. The van der Waals surface area contributed by atoms with Crippen LogP contribution in [0.15, 0.2) is 24.3 Å². The molecule has 88 valence electrons. The van der Waals surface area contributed by atoms with Crippen LogP contribution >= 0.6 is 0 Å². The van der Waals surface area contributed by atoms with Crippen LogP contribution in [0.5, 0.6) is 0 Å². The molecule has 0 spiro atoms. The Morgan fingerprint density at radius 2 is 1.38 bits per heavy atom. The Hall–Kier alpha value is -1.92. The van der Waals surface area contributed by atoms with E-state index in [1.54, 1.807) is 0 Å². The molecule has 0 radical (unpaired) electrons. The summed E-state index contributed by atoms with van der Waals surface area (Å²) in [5, 5.41) is 24.9. The predicted octanol–water partition coefficient (Wildman–Crippen LogP) is 0.0204. The third-order valence-electron chi connectivity index (χ3n) is 1.52. The number of hydrogen-bond donors (Lipinski definition) is 4. The van der Waals surface area contributed by atoms with E-state index in [2.05, 4.69) is 0 Å². The van der Waals surface area contributed by atoms with Crippen LogP contribution in [0.2, 0.25) is 0 Å². The highest BCUT2D eigenvalue weighted by molar-refractivity contribution is 6.01. The van der Waals surface area contributed by atoms with E-state index in [1.165, 1.54) is 24.3 Å². The number of hydrogen-bond acceptors (Lipinski definition) is 4. The Balaban J connectivity index is 0.000000487. The van der Waals surface area contributed by atoms with Crippen molar-refractivity contribution >= 4 is 11.9 Å². The van der Waals surface area contributed by atoms with Crippen molar-refractivity contribution in [3.8, 4) is 0 Å². The van der Waals surface area contributed by atoms with Crippen LogP contribution < -0.4 is 5.73 Å². The average molecular weight is 227 g/mol. The van der Waals surface area contributed by atoms with Crippen LogP contribution in [0.3, 0.4) is 0 Å². The van der Waals surface area contributed by atoms with E-state index in [0.717, 1.165) is 0 Å². The SMILES string of the molecule is NCCO.O=C(O)c1ccccc1C(=O)O. The van der Waals surface area contributed by atoms with Crippen molar-refractivity contribution < 1.29 is 24.9 Å². The zero-order valence-corrected chi connectivity index (χ0v) is 8.46. The fraction of sp³-hybridized carbons (Fsp3) is 0.200. The zero-order chi connectivity index (χ0) is 12.6. The summed E-state index contributed by atoms with van der Waals surface area (Å²) in [7, 11) is 0. The van der Waals surface area contributed by atoms with Crippen LogP contribution in [-0.4, -0.2) is 40.4 Å². The molecule has 6 nitrogen and oxygen atoms in total. The minimum Gasteiger partial charge on any atom is -0.478 e. The normalized spacial score (nSPS) is 8.88. The van der Waals surface area contributed by atoms with Crippen LogP contribution in [0.4, 0.5) is 0 Å². The summed E-state index contributed by atoms with van der Waals surface area (Å²) in [6.45, 7) is 0.472. The monoisotopic (exact) mass is 227 g/mol. The van der Waals surface area contributed by atoms with Gasteiger partial charge in [0.05, 0.1) is 17.7 Å². The first kappa shape index (κ1) is 14.1. The molecule has 0 aromatic heterocycles. The summed E-state index contributed by atoms with van der Waals surface area (Å²) < 4.78 is 0. The lowest BCUT2D eigenvalue weighted by Crippen LogP contribution is -2.06. The molecule has 0 aliphatic carbocycles. The summed E-state index contributed by atoms with van der Waals surface area (Å²) in [5.41, 5.74) is 4.40. The van der Waals surface area contributed by atoms with Gasteiger partial charge >= 0.3 is 11.9 Å². The maximum atomic E-state index is 10.5. The number of carboxylic acids is 2. The number of rotatable bonds is 3. The number of benzene rings is 1. The van der Waals surface area contributed by atoms with E-state index in [0.29, 0.717) is 6.54 Å². The fourth-order valence-corrected chi connectivity index (χ4v) is 0.856. The second kappa shape index (κ2) is 7.38. The molecule has 0 fully saturated rings. The molecule has 0 aliphatic heterocycles. The highest BCUT2D eigenvalue weighted by Crippen LogP contribution is 2.07. The number of carboxylic acid groups (broad SMARTS) is 2. The Kier molecular flexibility index (Phi) is 6.50. The number of carbonyl (C=O) groups is 2. The van der Waals surface area contributed by atoms with Crippen molar-refractivity contribution in [2.75, 3.05) is 13.2 Å². The van der Waals surface area contributed by atoms with Gasteiger partial charge in [-0.2, -0.15) is 0 Å². The van der Waals surface area contributed by atoms with E-state index in [1.807, 2.05) is 0 Å². The number of aliphatic hydroxyl groups excluding tert-OH is 1. The van der Waals surface area contributed by atoms with Crippen molar-refractivity contribution in [2.45, 2.75) is 0 Å². The molecule has 0 saturated heterocycles. The van der Waals surface area contributed by atoms with Gasteiger partial charge < -0.3 is 21.1 Å². The van der Waals surface area contributed by atoms with Crippen molar-refractivity contribution in [1.29, 1.82) is 0 Å². The van der Waals surface area contributed by atoms with Crippen LogP contribution in [0, 0.1) is 0 Å². The first-order chi connectivity index (χ1) is 7.54. The zero-order valence-electron chi connectivity index (χ0n) is 8.46. The van der Waals surface area contributed by atoms with Crippen molar-refractivity contribution in [2.24, 2.45) is 5.73 Å². The van der Waals surface area contributed by atoms with Gasteiger partial charge in [0, 0.05) is 6.54 Å². The van der Waals surface area contributed by atoms with E-state index in [4.69, 9.17) is 21.1 Å². The lowest BCUT2D eigenvalue weighted by Gasteiger charge is -1.98. The molecule has 0 heterocycles. The number of nitrogens with two attached hydrogens (primary N) is 1. The Bertz CT molecular complexity index is 329. The first-order valence-corrected chi connectivity index (χ1v) is 4.41. The van der Waals surface area contributed by atoms with Gasteiger partial charge in [-0.15, -0.1) is 0 Å². The number of aliphatic hydroxyl groups is 1. The molecule has 0 aliphatic rings. The molecule has 5 N–H and O–H groups in total. The lowest BCUT2D eigenvalue weighted by molar-refractivity contribution is 0.0651. The summed E-state index contributed by atoms with van der Waals surface area (Å²) in [5.74, 6) is -2.46. The minimum atomic E-state index is -1.23. The Morgan fingerprint density at radius 3 is 1.56 bits per heavy atom. The van der Waals surface area contributed by atoms with Crippen molar-refractivity contribution in [3.05, 3.63) is 35.4 Å². The quantitative estimate of drug-likeness (QED) is 0.577. The Morgan fingerprint density at radius 1 is 1.06 bits per heavy atom. The second-order valence-corrected chi connectivity index (χ2v) is 2.67. The Labute approximate surface area is 91.9 Å². The maximum Gasteiger partial charge on any atom is 0.336 e. The molecule has 1 aromatic rings. The minimum absolute atomic E-state index is 0.0972. The van der Waals surface area contributed by atoms with Gasteiger partial charge in [0.2, 0.25) is 0 Å². The van der Waals surface area contributed by atoms with Crippen molar-refractivity contribution in [1.82, 2.24) is 0 Å². The maximum absolute atomic E-state index is 10.5. The molecular weight excluding hydrogens is 214 g/mol. The molecule has 16 heavy (non-hydrogen) atoms. The predicted molar refractivity (Wildman–Crippen MR) is 56.5 cm³/mol. The third-order valence-corrected chi connectivity index (χ3v) is 1.52. The molecule has 1 rings (SSSR count). The largest absolute Gasteiger partial charge is 0.478 e. The van der Waals surface area contributed by atoms with Gasteiger partial charge in [0.15, 0.2) is 0 Å². The van der Waals surface area contributed by atoms with Gasteiger partial charge in [-0.05, 0) is 12.1 Å². The van der Waals surface area contributed by atoms with Gasteiger partial charge in [0.25, 0.3) is 0 Å². The van der Waals surface area contributed by atoms with Gasteiger partial charge in [-0.3, -0.25) is 0 Å². The molecule has 0 saturated carbocycles. The van der Waals surface area contributed by atoms with E-state index >= 15 is 0 Å². The first-order valence-electron chi connectivity index (χ1n) is 4.41. The van der Waals surface area contributed by atoms with Crippen molar-refractivity contribution in [3.63, 3.8) is 0 Å². The van der Waals surface area contributed by atoms with E-state index in [9.17, 15) is 9.59 Å². The second-order valence-electron chi connectivity index (χ2n) is 2.67. The topological polar surface area (TPSA) is 121 Å². The van der Waals surface area contributed by atoms with E-state index < -0.39 is 11.9 Å². The van der Waals surface area contributed by atoms with Gasteiger partial charge in [-0.25, -0.2) is 9.59 Å². The van der Waals surface area contributed by atoms with Gasteiger partial charge in [0.1, 0.15) is 0 Å². The molecule has 1 aromatic carbocycles. The summed E-state index contributed by atoms with van der Waals surface area (Å²) in [6, 6.07) is 5.48. The molecule has 0 unspecified atom stereocenters. The van der Waals surface area contributed by atoms with E-state index in [-0.39, 0.29) is 17.7 Å². The molecule has 0 amide bonds. The molecule has 6 heteroatoms. The highest BCUT2D eigenvalue weighted by atomic mass is 16.4. The molecular formula is C10H13NO5. The third kappa shape index (κ3) is 4.54. The smallest absolute Gasteiger partial charge is 0.336 e. The van der Waals surface area contributed by atoms with Crippen LogP contribution in [0.25, 0.3) is 0 Å². The summed E-state index contributed by atoms with van der Waals surface area (Å²) in [6.07, 6.45) is 0. The number of aromatic carboxylic acids is 2. The lowest BCUT2D eigenvalue weighted by atomic mass is 10.1. The van der Waals surface area contributed by atoms with Gasteiger partial charge in [-0.1, -0.05) is 12.1 Å². The van der Waals surface area contributed by atoms with Crippen LogP contribution in [0.1, 0.15) is 20.7 Å². The van der Waals surface area contributed by atoms with Crippen LogP contribution in [-0.2, 0) is 0 Å².